The number of pyridine rings is 1. The molecule has 0 radical (unpaired) electrons. The third kappa shape index (κ3) is 3.55. The number of hydrogen-bond donors (Lipinski definition) is 1. The van der Waals surface area contributed by atoms with Crippen LogP contribution in [0.25, 0.3) is 0 Å². The van der Waals surface area contributed by atoms with Gasteiger partial charge in [-0.25, -0.2) is 4.98 Å². The Bertz CT molecular complexity index is 552. The van der Waals surface area contributed by atoms with E-state index in [0.29, 0.717) is 5.88 Å². The van der Waals surface area contributed by atoms with E-state index in [4.69, 9.17) is 4.74 Å². The number of aryl methyl sites for hydroxylation is 2. The van der Waals surface area contributed by atoms with Gasteiger partial charge in [-0.05, 0) is 37.6 Å². The Morgan fingerprint density at radius 1 is 1.11 bits per heavy atom. The lowest BCUT2D eigenvalue weighted by molar-refractivity contribution is 0.457. The van der Waals surface area contributed by atoms with E-state index >= 15 is 0 Å². The normalized spacial score (nSPS) is 10.5. The van der Waals surface area contributed by atoms with E-state index in [2.05, 4.69) is 23.3 Å². The van der Waals surface area contributed by atoms with Crippen LogP contribution in [0.2, 0.25) is 0 Å². The van der Waals surface area contributed by atoms with Gasteiger partial charge in [0.2, 0.25) is 5.88 Å². The second-order valence-electron chi connectivity index (χ2n) is 4.54. The molecule has 0 aliphatic carbocycles. The molecule has 100 valence electrons. The van der Waals surface area contributed by atoms with E-state index in [1.54, 1.807) is 0 Å². The lowest BCUT2D eigenvalue weighted by atomic mass is 10.2. The van der Waals surface area contributed by atoms with Gasteiger partial charge in [-0.15, -0.1) is 0 Å². The van der Waals surface area contributed by atoms with Crippen LogP contribution in [0.15, 0.2) is 36.4 Å². The molecule has 0 saturated heterocycles. The van der Waals surface area contributed by atoms with Crippen LogP contribution >= 0.6 is 0 Å². The average molecular weight is 256 g/mol. The third-order valence-corrected chi connectivity index (χ3v) is 3.04. The second kappa shape index (κ2) is 6.34. The molecule has 1 heterocycles. The summed E-state index contributed by atoms with van der Waals surface area (Å²) in [5.41, 5.74) is 3.32. The number of rotatable bonds is 5. The molecule has 3 nitrogen and oxygen atoms in total. The summed E-state index contributed by atoms with van der Waals surface area (Å²) in [6.45, 7) is 7.94. The van der Waals surface area contributed by atoms with Crippen LogP contribution in [-0.2, 0) is 6.54 Å². The summed E-state index contributed by atoms with van der Waals surface area (Å²) in [6.07, 6.45) is 0. The summed E-state index contributed by atoms with van der Waals surface area (Å²) in [5.74, 6) is 1.50. The summed E-state index contributed by atoms with van der Waals surface area (Å²) in [4.78, 5) is 4.50. The lowest BCUT2D eigenvalue weighted by Crippen LogP contribution is -2.13. The summed E-state index contributed by atoms with van der Waals surface area (Å²) in [7, 11) is 0. The number of benzene rings is 1. The predicted octanol–water partition coefficient (Wildman–Crippen LogP) is 3.60. The van der Waals surface area contributed by atoms with E-state index in [1.807, 2.05) is 44.2 Å². The Morgan fingerprint density at radius 3 is 2.58 bits per heavy atom. The van der Waals surface area contributed by atoms with E-state index in [1.165, 1.54) is 5.56 Å². The van der Waals surface area contributed by atoms with Crippen LogP contribution in [0.3, 0.4) is 0 Å². The Labute approximate surface area is 114 Å². The molecular weight excluding hydrogens is 236 g/mol. The first-order chi connectivity index (χ1) is 9.20. The maximum atomic E-state index is 5.82. The van der Waals surface area contributed by atoms with Gasteiger partial charge in [0.05, 0.1) is 0 Å². The standard InChI is InChI=1S/C16H20N2O/c1-4-17-11-14-9-10-16(18-13(14)3)19-15-8-6-5-7-12(15)2/h5-10,17H,4,11H2,1-3H3. The van der Waals surface area contributed by atoms with E-state index in [9.17, 15) is 0 Å². The fraction of sp³-hybridized carbons (Fsp3) is 0.312. The van der Waals surface area contributed by atoms with Crippen molar-refractivity contribution in [3.8, 4) is 11.6 Å². The molecule has 0 aliphatic heterocycles. The number of ether oxygens (including phenoxy) is 1. The molecule has 0 saturated carbocycles. The zero-order valence-corrected chi connectivity index (χ0v) is 11.7. The molecule has 0 fully saturated rings. The fourth-order valence-corrected chi connectivity index (χ4v) is 1.85. The maximum absolute atomic E-state index is 5.82. The van der Waals surface area contributed by atoms with Crippen LogP contribution in [0.1, 0.15) is 23.7 Å². The molecule has 1 aromatic heterocycles. The topological polar surface area (TPSA) is 34.1 Å². The molecule has 1 aromatic carbocycles. The minimum absolute atomic E-state index is 0.645. The molecule has 1 N–H and O–H groups in total. The molecular formula is C16H20N2O. The average Bonchev–Trinajstić information content (AvgIpc) is 2.40. The van der Waals surface area contributed by atoms with Crippen LogP contribution in [0.5, 0.6) is 11.6 Å². The Balaban J connectivity index is 2.14. The SMILES string of the molecule is CCNCc1ccc(Oc2ccccc2C)nc1C. The molecule has 2 rings (SSSR count). The van der Waals surface area contributed by atoms with Crippen molar-refractivity contribution in [3.05, 3.63) is 53.2 Å². The Morgan fingerprint density at radius 2 is 1.89 bits per heavy atom. The molecule has 3 heteroatoms. The van der Waals surface area contributed by atoms with Crippen molar-refractivity contribution in [3.63, 3.8) is 0 Å². The summed E-state index contributed by atoms with van der Waals surface area (Å²) in [5, 5.41) is 3.30. The van der Waals surface area contributed by atoms with Gasteiger partial charge in [-0.2, -0.15) is 0 Å². The zero-order chi connectivity index (χ0) is 13.7. The Hall–Kier alpha value is -1.87. The molecule has 0 aliphatic rings. The Kier molecular flexibility index (Phi) is 4.53. The van der Waals surface area contributed by atoms with Gasteiger partial charge in [-0.1, -0.05) is 31.2 Å². The number of nitrogens with zero attached hydrogens (tertiary/aromatic N) is 1. The van der Waals surface area contributed by atoms with E-state index in [0.717, 1.165) is 30.1 Å². The molecule has 0 spiro atoms. The zero-order valence-electron chi connectivity index (χ0n) is 11.7. The number of para-hydroxylation sites is 1. The summed E-state index contributed by atoms with van der Waals surface area (Å²) < 4.78 is 5.82. The molecule has 0 unspecified atom stereocenters. The lowest BCUT2D eigenvalue weighted by Gasteiger charge is -2.10. The van der Waals surface area contributed by atoms with Crippen LogP contribution in [0.4, 0.5) is 0 Å². The number of nitrogens with one attached hydrogen (secondary N) is 1. The van der Waals surface area contributed by atoms with Crippen LogP contribution in [0, 0.1) is 13.8 Å². The highest BCUT2D eigenvalue weighted by Crippen LogP contribution is 2.23. The highest BCUT2D eigenvalue weighted by atomic mass is 16.5. The molecule has 0 bridgehead atoms. The maximum Gasteiger partial charge on any atom is 0.219 e. The first kappa shape index (κ1) is 13.6. The molecule has 0 atom stereocenters. The van der Waals surface area contributed by atoms with Gasteiger partial charge in [0.25, 0.3) is 0 Å². The number of aromatic nitrogens is 1. The molecule has 19 heavy (non-hydrogen) atoms. The highest BCUT2D eigenvalue weighted by molar-refractivity contribution is 5.35. The van der Waals surface area contributed by atoms with Crippen LogP contribution in [-0.4, -0.2) is 11.5 Å². The van der Waals surface area contributed by atoms with Gasteiger partial charge in [0, 0.05) is 18.3 Å². The van der Waals surface area contributed by atoms with Gasteiger partial charge >= 0.3 is 0 Å². The summed E-state index contributed by atoms with van der Waals surface area (Å²) >= 11 is 0. The number of hydrogen-bond acceptors (Lipinski definition) is 3. The molecule has 2 aromatic rings. The second-order valence-corrected chi connectivity index (χ2v) is 4.54. The van der Waals surface area contributed by atoms with Crippen molar-refractivity contribution in [1.82, 2.24) is 10.3 Å². The van der Waals surface area contributed by atoms with E-state index < -0.39 is 0 Å². The largest absolute Gasteiger partial charge is 0.439 e. The monoisotopic (exact) mass is 256 g/mol. The van der Waals surface area contributed by atoms with Crippen molar-refractivity contribution in [2.45, 2.75) is 27.3 Å². The van der Waals surface area contributed by atoms with Gasteiger partial charge < -0.3 is 10.1 Å². The first-order valence-corrected chi connectivity index (χ1v) is 6.61. The molecule has 0 amide bonds. The predicted molar refractivity (Wildman–Crippen MR) is 77.6 cm³/mol. The summed E-state index contributed by atoms with van der Waals surface area (Å²) in [6, 6.07) is 11.9. The highest BCUT2D eigenvalue weighted by Gasteiger charge is 2.04. The van der Waals surface area contributed by atoms with Crippen molar-refractivity contribution in [2.75, 3.05) is 6.54 Å². The third-order valence-electron chi connectivity index (χ3n) is 3.04. The van der Waals surface area contributed by atoms with Crippen LogP contribution < -0.4 is 10.1 Å². The van der Waals surface area contributed by atoms with Crippen molar-refractivity contribution in [2.24, 2.45) is 0 Å². The van der Waals surface area contributed by atoms with Crippen molar-refractivity contribution in [1.29, 1.82) is 0 Å². The van der Waals surface area contributed by atoms with E-state index in [-0.39, 0.29) is 0 Å². The minimum Gasteiger partial charge on any atom is -0.439 e. The smallest absolute Gasteiger partial charge is 0.219 e. The quantitative estimate of drug-likeness (QED) is 0.887. The fourth-order valence-electron chi connectivity index (χ4n) is 1.85. The van der Waals surface area contributed by atoms with Gasteiger partial charge in [0.15, 0.2) is 0 Å². The van der Waals surface area contributed by atoms with Crippen molar-refractivity contribution < 1.29 is 4.74 Å². The van der Waals surface area contributed by atoms with Crippen molar-refractivity contribution >= 4 is 0 Å². The first-order valence-electron chi connectivity index (χ1n) is 6.61. The van der Waals surface area contributed by atoms with Gasteiger partial charge in [-0.3, -0.25) is 0 Å². The minimum atomic E-state index is 0.645. The van der Waals surface area contributed by atoms with Gasteiger partial charge in [0.1, 0.15) is 5.75 Å².